The Kier molecular flexibility index (Phi) is 4.96. The van der Waals surface area contributed by atoms with Gasteiger partial charge in [0, 0.05) is 36.3 Å². The Labute approximate surface area is 122 Å². The molecule has 1 amide bonds. The zero-order valence-electron chi connectivity index (χ0n) is 11.4. The van der Waals surface area contributed by atoms with Crippen LogP contribution >= 0.6 is 15.9 Å². The maximum absolute atomic E-state index is 12.0. The van der Waals surface area contributed by atoms with E-state index >= 15 is 0 Å². The number of halogens is 1. The monoisotopic (exact) mass is 325 g/mol. The lowest BCUT2D eigenvalue weighted by atomic mass is 10.2. The predicted octanol–water partition coefficient (Wildman–Crippen LogP) is 1.94. The van der Waals surface area contributed by atoms with Crippen LogP contribution < -0.4 is 5.32 Å². The van der Waals surface area contributed by atoms with Crippen molar-refractivity contribution in [2.75, 3.05) is 45.1 Å². The third-order valence-corrected chi connectivity index (χ3v) is 4.29. The van der Waals surface area contributed by atoms with Crippen LogP contribution in [-0.2, 0) is 4.79 Å². The van der Waals surface area contributed by atoms with Crippen LogP contribution in [0.4, 0.5) is 5.69 Å². The van der Waals surface area contributed by atoms with Crippen molar-refractivity contribution in [3.05, 3.63) is 28.2 Å². The average molecular weight is 326 g/mol. The summed E-state index contributed by atoms with van der Waals surface area (Å²) in [7, 11) is 2.11. The van der Waals surface area contributed by atoms with Crippen molar-refractivity contribution >= 4 is 27.5 Å². The number of nitrogens with one attached hydrogen (secondary N) is 1. The average Bonchev–Trinajstić information content (AvgIpc) is 2.37. The molecule has 0 unspecified atom stereocenters. The van der Waals surface area contributed by atoms with Crippen LogP contribution in [0.25, 0.3) is 0 Å². The third-order valence-electron chi connectivity index (χ3n) is 3.40. The normalized spacial score (nSPS) is 17.4. The van der Waals surface area contributed by atoms with Gasteiger partial charge in [0.25, 0.3) is 0 Å². The van der Waals surface area contributed by atoms with Gasteiger partial charge in [0.15, 0.2) is 0 Å². The SMILES string of the molecule is Cc1cc(NC(=O)CN2CCN(C)CC2)ccc1Br. The Bertz CT molecular complexity index is 456. The molecule has 0 aliphatic carbocycles. The largest absolute Gasteiger partial charge is 0.325 e. The standard InChI is InChI=1S/C14H20BrN3O/c1-11-9-12(3-4-13(11)15)16-14(19)10-18-7-5-17(2)6-8-18/h3-4,9H,5-8,10H2,1-2H3,(H,16,19). The number of aryl methyl sites for hydroxylation is 1. The Morgan fingerprint density at radius 3 is 2.63 bits per heavy atom. The van der Waals surface area contributed by atoms with Gasteiger partial charge in [-0.2, -0.15) is 0 Å². The van der Waals surface area contributed by atoms with E-state index in [1.165, 1.54) is 0 Å². The number of carbonyl (C=O) groups is 1. The molecular weight excluding hydrogens is 306 g/mol. The highest BCUT2D eigenvalue weighted by Crippen LogP contribution is 2.19. The van der Waals surface area contributed by atoms with E-state index in [4.69, 9.17) is 0 Å². The maximum atomic E-state index is 12.0. The van der Waals surface area contributed by atoms with Crippen molar-refractivity contribution in [1.29, 1.82) is 0 Å². The van der Waals surface area contributed by atoms with E-state index in [1.54, 1.807) is 0 Å². The Balaban J connectivity index is 1.85. The molecule has 1 fully saturated rings. The predicted molar refractivity (Wildman–Crippen MR) is 81.4 cm³/mol. The summed E-state index contributed by atoms with van der Waals surface area (Å²) in [4.78, 5) is 16.5. The van der Waals surface area contributed by atoms with E-state index in [9.17, 15) is 4.79 Å². The molecule has 2 rings (SSSR count). The molecule has 1 saturated heterocycles. The number of hydrogen-bond acceptors (Lipinski definition) is 3. The number of piperazine rings is 1. The fraction of sp³-hybridized carbons (Fsp3) is 0.500. The highest BCUT2D eigenvalue weighted by Gasteiger charge is 2.16. The van der Waals surface area contributed by atoms with E-state index in [0.29, 0.717) is 6.54 Å². The van der Waals surface area contributed by atoms with Gasteiger partial charge in [-0.25, -0.2) is 0 Å². The third kappa shape index (κ3) is 4.30. The van der Waals surface area contributed by atoms with Crippen LogP contribution in [0.2, 0.25) is 0 Å². The van der Waals surface area contributed by atoms with Crippen LogP contribution in [0.15, 0.2) is 22.7 Å². The minimum Gasteiger partial charge on any atom is -0.325 e. The highest BCUT2D eigenvalue weighted by molar-refractivity contribution is 9.10. The van der Waals surface area contributed by atoms with E-state index in [1.807, 2.05) is 25.1 Å². The van der Waals surface area contributed by atoms with Gasteiger partial charge in [0.1, 0.15) is 0 Å². The number of amides is 1. The van der Waals surface area contributed by atoms with Crippen molar-refractivity contribution in [1.82, 2.24) is 9.80 Å². The summed E-state index contributed by atoms with van der Waals surface area (Å²) < 4.78 is 1.06. The van der Waals surface area contributed by atoms with Gasteiger partial charge in [-0.05, 0) is 37.7 Å². The number of likely N-dealkylation sites (N-methyl/N-ethyl adjacent to an activating group) is 1. The molecule has 19 heavy (non-hydrogen) atoms. The summed E-state index contributed by atoms with van der Waals surface area (Å²) >= 11 is 3.46. The zero-order chi connectivity index (χ0) is 13.8. The molecule has 1 heterocycles. The van der Waals surface area contributed by atoms with Crippen LogP contribution in [-0.4, -0.2) is 55.5 Å². The molecule has 4 nitrogen and oxygen atoms in total. The fourth-order valence-corrected chi connectivity index (χ4v) is 2.38. The molecule has 0 spiro atoms. The van der Waals surface area contributed by atoms with E-state index in [2.05, 4.69) is 38.1 Å². The molecule has 0 bridgehead atoms. The van der Waals surface area contributed by atoms with Crippen LogP contribution in [0.5, 0.6) is 0 Å². The summed E-state index contributed by atoms with van der Waals surface area (Å²) in [6, 6.07) is 5.85. The number of carbonyl (C=O) groups excluding carboxylic acids is 1. The zero-order valence-corrected chi connectivity index (χ0v) is 13.0. The van der Waals surface area contributed by atoms with Gasteiger partial charge in [-0.3, -0.25) is 9.69 Å². The van der Waals surface area contributed by atoms with E-state index < -0.39 is 0 Å². The lowest BCUT2D eigenvalue weighted by Crippen LogP contribution is -2.47. The molecule has 0 aromatic heterocycles. The van der Waals surface area contributed by atoms with Gasteiger partial charge in [-0.1, -0.05) is 15.9 Å². The summed E-state index contributed by atoms with van der Waals surface area (Å²) in [6.07, 6.45) is 0. The smallest absolute Gasteiger partial charge is 0.238 e. The fourth-order valence-electron chi connectivity index (χ4n) is 2.13. The van der Waals surface area contributed by atoms with Gasteiger partial charge >= 0.3 is 0 Å². The van der Waals surface area contributed by atoms with Crippen LogP contribution in [0, 0.1) is 6.92 Å². The van der Waals surface area contributed by atoms with Crippen molar-refractivity contribution in [2.24, 2.45) is 0 Å². The van der Waals surface area contributed by atoms with E-state index in [0.717, 1.165) is 41.9 Å². The Hall–Kier alpha value is -0.910. The first-order chi connectivity index (χ1) is 9.04. The molecule has 1 aromatic rings. The maximum Gasteiger partial charge on any atom is 0.238 e. The molecule has 104 valence electrons. The molecule has 1 aliphatic rings. The Morgan fingerprint density at radius 1 is 1.32 bits per heavy atom. The number of hydrogen-bond donors (Lipinski definition) is 1. The quantitative estimate of drug-likeness (QED) is 0.922. The first-order valence-electron chi connectivity index (χ1n) is 6.51. The summed E-state index contributed by atoms with van der Waals surface area (Å²) in [6.45, 7) is 6.48. The lowest BCUT2D eigenvalue weighted by Gasteiger charge is -2.31. The summed E-state index contributed by atoms with van der Waals surface area (Å²) in [5.74, 6) is 0.0614. The van der Waals surface area contributed by atoms with E-state index in [-0.39, 0.29) is 5.91 Å². The van der Waals surface area contributed by atoms with Gasteiger partial charge in [0.05, 0.1) is 6.54 Å². The molecule has 0 saturated carbocycles. The van der Waals surface area contributed by atoms with Crippen molar-refractivity contribution in [3.63, 3.8) is 0 Å². The lowest BCUT2D eigenvalue weighted by molar-refractivity contribution is -0.117. The van der Waals surface area contributed by atoms with Gasteiger partial charge < -0.3 is 10.2 Å². The number of anilines is 1. The topological polar surface area (TPSA) is 35.6 Å². The molecule has 1 aromatic carbocycles. The van der Waals surface area contributed by atoms with Crippen molar-refractivity contribution in [3.8, 4) is 0 Å². The first-order valence-corrected chi connectivity index (χ1v) is 7.31. The molecule has 1 N–H and O–H groups in total. The second kappa shape index (κ2) is 6.50. The summed E-state index contributed by atoms with van der Waals surface area (Å²) in [5.41, 5.74) is 1.98. The van der Waals surface area contributed by atoms with Gasteiger partial charge in [0.2, 0.25) is 5.91 Å². The molecule has 0 atom stereocenters. The second-order valence-corrected chi connectivity index (χ2v) is 5.95. The first kappa shape index (κ1) is 14.5. The number of benzene rings is 1. The molecule has 1 aliphatic heterocycles. The second-order valence-electron chi connectivity index (χ2n) is 5.09. The van der Waals surface area contributed by atoms with Crippen LogP contribution in [0.3, 0.4) is 0 Å². The number of nitrogens with zero attached hydrogens (tertiary/aromatic N) is 2. The Morgan fingerprint density at radius 2 is 2.00 bits per heavy atom. The van der Waals surface area contributed by atoms with Crippen molar-refractivity contribution in [2.45, 2.75) is 6.92 Å². The minimum absolute atomic E-state index is 0.0614. The number of rotatable bonds is 3. The van der Waals surface area contributed by atoms with Gasteiger partial charge in [-0.15, -0.1) is 0 Å². The molecule has 5 heteroatoms. The molecule has 0 radical (unpaired) electrons. The summed E-state index contributed by atoms with van der Waals surface area (Å²) in [5, 5.41) is 2.95. The molecular formula is C14H20BrN3O. The minimum atomic E-state index is 0.0614. The highest BCUT2D eigenvalue weighted by atomic mass is 79.9. The van der Waals surface area contributed by atoms with Crippen LogP contribution in [0.1, 0.15) is 5.56 Å². The van der Waals surface area contributed by atoms with Crippen molar-refractivity contribution < 1.29 is 4.79 Å².